The van der Waals surface area contributed by atoms with E-state index >= 15 is 0 Å². The third-order valence-corrected chi connectivity index (χ3v) is 4.59. The van der Waals surface area contributed by atoms with E-state index in [2.05, 4.69) is 5.32 Å². The molecule has 0 aliphatic carbocycles. The summed E-state index contributed by atoms with van der Waals surface area (Å²) in [6, 6.07) is 5.03. The number of nitrogens with one attached hydrogen (secondary N) is 1. The van der Waals surface area contributed by atoms with Gasteiger partial charge in [0.25, 0.3) is 0 Å². The van der Waals surface area contributed by atoms with Crippen LogP contribution in [0.25, 0.3) is 0 Å². The Morgan fingerprint density at radius 3 is 2.50 bits per heavy atom. The molecule has 0 aromatic heterocycles. The molecule has 0 bridgehead atoms. The van der Waals surface area contributed by atoms with E-state index in [4.69, 9.17) is 5.11 Å². The monoisotopic (exact) mass is 300 g/mol. The molecule has 110 valence electrons. The Labute approximate surface area is 117 Å². The van der Waals surface area contributed by atoms with Crippen molar-refractivity contribution in [1.82, 2.24) is 9.62 Å². The summed E-state index contributed by atoms with van der Waals surface area (Å²) in [5.41, 5.74) is -0.123. The summed E-state index contributed by atoms with van der Waals surface area (Å²) >= 11 is 0. The first-order chi connectivity index (χ1) is 9.32. The maximum atomic E-state index is 12.3. The highest BCUT2D eigenvalue weighted by Gasteiger charge is 2.25. The molecule has 20 heavy (non-hydrogen) atoms. The van der Waals surface area contributed by atoms with E-state index in [0.29, 0.717) is 0 Å². The Morgan fingerprint density at radius 1 is 1.35 bits per heavy atom. The van der Waals surface area contributed by atoms with Gasteiger partial charge in [0.15, 0.2) is 0 Å². The summed E-state index contributed by atoms with van der Waals surface area (Å²) < 4.78 is 25.7. The van der Waals surface area contributed by atoms with Crippen LogP contribution in [-0.2, 0) is 14.8 Å². The molecule has 0 saturated carbocycles. The smallest absolute Gasteiger partial charge is 0.335 e. The SMILES string of the molecule is CCN(CC(=O)NC)S(=O)(=O)c1cccc(C(=O)O)c1. The molecule has 0 unspecified atom stereocenters. The van der Waals surface area contributed by atoms with Crippen LogP contribution in [0.2, 0.25) is 0 Å². The summed E-state index contributed by atoms with van der Waals surface area (Å²) in [6.07, 6.45) is 0. The second-order valence-corrected chi connectivity index (χ2v) is 5.88. The second kappa shape index (κ2) is 6.49. The standard InChI is InChI=1S/C12H16N2O5S/c1-3-14(8-11(15)13-2)20(18,19)10-6-4-5-9(7-10)12(16)17/h4-7H,3,8H2,1-2H3,(H,13,15)(H,16,17). The number of hydrogen-bond donors (Lipinski definition) is 2. The van der Waals surface area contributed by atoms with Crippen molar-refractivity contribution in [2.75, 3.05) is 20.1 Å². The molecule has 0 radical (unpaired) electrons. The molecular weight excluding hydrogens is 284 g/mol. The van der Waals surface area contributed by atoms with E-state index in [1.54, 1.807) is 6.92 Å². The Balaban J connectivity index is 3.17. The van der Waals surface area contributed by atoms with Gasteiger partial charge in [-0.15, -0.1) is 0 Å². The van der Waals surface area contributed by atoms with Crippen molar-refractivity contribution in [3.63, 3.8) is 0 Å². The highest BCUT2D eigenvalue weighted by Crippen LogP contribution is 2.17. The third kappa shape index (κ3) is 3.55. The van der Waals surface area contributed by atoms with Crippen molar-refractivity contribution in [1.29, 1.82) is 0 Å². The molecule has 0 spiro atoms. The molecule has 0 saturated heterocycles. The fourth-order valence-electron chi connectivity index (χ4n) is 1.54. The van der Waals surface area contributed by atoms with Crippen LogP contribution in [0.3, 0.4) is 0 Å². The normalized spacial score (nSPS) is 11.3. The van der Waals surface area contributed by atoms with Crippen LogP contribution < -0.4 is 5.32 Å². The summed E-state index contributed by atoms with van der Waals surface area (Å²) in [5.74, 6) is -1.65. The number of aromatic carboxylic acids is 1. The van der Waals surface area contributed by atoms with Crippen LogP contribution in [0.4, 0.5) is 0 Å². The first-order valence-corrected chi connectivity index (χ1v) is 7.31. The molecule has 0 heterocycles. The average molecular weight is 300 g/mol. The van der Waals surface area contributed by atoms with Crippen LogP contribution in [-0.4, -0.2) is 49.8 Å². The van der Waals surface area contributed by atoms with E-state index in [0.717, 1.165) is 10.4 Å². The van der Waals surface area contributed by atoms with Gasteiger partial charge in [0, 0.05) is 13.6 Å². The lowest BCUT2D eigenvalue weighted by Crippen LogP contribution is -2.39. The third-order valence-electron chi connectivity index (χ3n) is 2.67. The number of nitrogens with zero attached hydrogens (tertiary/aromatic N) is 1. The quantitative estimate of drug-likeness (QED) is 0.778. The molecule has 0 fully saturated rings. The number of carboxylic acids is 1. The average Bonchev–Trinajstić information content (AvgIpc) is 2.44. The number of hydrogen-bond acceptors (Lipinski definition) is 4. The van der Waals surface area contributed by atoms with Gasteiger partial charge in [0.1, 0.15) is 0 Å². The number of sulfonamides is 1. The fraction of sp³-hybridized carbons (Fsp3) is 0.333. The van der Waals surface area contributed by atoms with Crippen molar-refractivity contribution < 1.29 is 23.1 Å². The number of benzene rings is 1. The summed E-state index contributed by atoms with van der Waals surface area (Å²) in [5, 5.41) is 11.2. The van der Waals surface area contributed by atoms with Gasteiger partial charge in [-0.05, 0) is 18.2 Å². The van der Waals surface area contributed by atoms with E-state index in [1.807, 2.05) is 0 Å². The zero-order chi connectivity index (χ0) is 15.3. The van der Waals surface area contributed by atoms with Gasteiger partial charge >= 0.3 is 5.97 Å². The first-order valence-electron chi connectivity index (χ1n) is 5.87. The zero-order valence-corrected chi connectivity index (χ0v) is 12.0. The number of carbonyl (C=O) groups is 2. The van der Waals surface area contributed by atoms with Crippen LogP contribution in [0, 0.1) is 0 Å². The van der Waals surface area contributed by atoms with Crippen LogP contribution >= 0.6 is 0 Å². The lowest BCUT2D eigenvalue weighted by atomic mass is 10.2. The Bertz CT molecular complexity index is 612. The van der Waals surface area contributed by atoms with Crippen LogP contribution in [0.1, 0.15) is 17.3 Å². The minimum absolute atomic E-state index is 0.104. The van der Waals surface area contributed by atoms with Crippen LogP contribution in [0.15, 0.2) is 29.2 Å². The Morgan fingerprint density at radius 2 is 2.00 bits per heavy atom. The molecule has 1 aromatic carbocycles. The van der Waals surface area contributed by atoms with Gasteiger partial charge in [-0.3, -0.25) is 4.79 Å². The number of rotatable bonds is 6. The van der Waals surface area contributed by atoms with E-state index < -0.39 is 21.9 Å². The topological polar surface area (TPSA) is 104 Å². The van der Waals surface area contributed by atoms with Gasteiger partial charge in [0.05, 0.1) is 17.0 Å². The predicted octanol–water partition coefficient (Wildman–Crippen LogP) is 0.141. The summed E-state index contributed by atoms with van der Waals surface area (Å²) in [7, 11) is -2.49. The Kier molecular flexibility index (Phi) is 5.23. The van der Waals surface area contributed by atoms with Crippen LogP contribution in [0.5, 0.6) is 0 Å². The largest absolute Gasteiger partial charge is 0.478 e. The lowest BCUT2D eigenvalue weighted by molar-refractivity contribution is -0.120. The van der Waals surface area contributed by atoms with Crippen molar-refractivity contribution in [2.24, 2.45) is 0 Å². The summed E-state index contributed by atoms with van der Waals surface area (Å²) in [4.78, 5) is 22.0. The highest BCUT2D eigenvalue weighted by atomic mass is 32.2. The predicted molar refractivity (Wildman–Crippen MR) is 71.9 cm³/mol. The first kappa shape index (κ1) is 16.1. The summed E-state index contributed by atoms with van der Waals surface area (Å²) in [6.45, 7) is 1.39. The van der Waals surface area contributed by atoms with Gasteiger partial charge in [0.2, 0.25) is 15.9 Å². The zero-order valence-electron chi connectivity index (χ0n) is 11.2. The maximum Gasteiger partial charge on any atom is 0.335 e. The number of amides is 1. The maximum absolute atomic E-state index is 12.3. The molecule has 0 aliphatic rings. The van der Waals surface area contributed by atoms with E-state index in [9.17, 15) is 18.0 Å². The minimum Gasteiger partial charge on any atom is -0.478 e. The molecular formula is C12H16N2O5S. The highest BCUT2D eigenvalue weighted by molar-refractivity contribution is 7.89. The van der Waals surface area contributed by atoms with Crippen molar-refractivity contribution >= 4 is 21.9 Å². The number of carbonyl (C=O) groups excluding carboxylic acids is 1. The number of likely N-dealkylation sites (N-methyl/N-ethyl adjacent to an activating group) is 2. The van der Waals surface area contributed by atoms with Crippen molar-refractivity contribution in [3.05, 3.63) is 29.8 Å². The van der Waals surface area contributed by atoms with E-state index in [-0.39, 0.29) is 23.5 Å². The molecule has 7 nitrogen and oxygen atoms in total. The molecule has 1 aromatic rings. The number of carboxylic acid groups (broad SMARTS) is 1. The van der Waals surface area contributed by atoms with E-state index in [1.165, 1.54) is 25.2 Å². The molecule has 1 rings (SSSR count). The second-order valence-electron chi connectivity index (χ2n) is 3.94. The van der Waals surface area contributed by atoms with Crippen molar-refractivity contribution in [2.45, 2.75) is 11.8 Å². The van der Waals surface area contributed by atoms with Crippen molar-refractivity contribution in [3.8, 4) is 0 Å². The molecule has 0 aliphatic heterocycles. The van der Waals surface area contributed by atoms with Gasteiger partial charge in [-0.25, -0.2) is 13.2 Å². The fourth-order valence-corrected chi connectivity index (χ4v) is 3.00. The molecule has 1 amide bonds. The Hall–Kier alpha value is -1.93. The van der Waals surface area contributed by atoms with Gasteiger partial charge in [-0.2, -0.15) is 4.31 Å². The van der Waals surface area contributed by atoms with Gasteiger partial charge < -0.3 is 10.4 Å². The minimum atomic E-state index is -3.90. The van der Waals surface area contributed by atoms with Gasteiger partial charge in [-0.1, -0.05) is 13.0 Å². The molecule has 8 heteroatoms. The molecule has 0 atom stereocenters. The molecule has 2 N–H and O–H groups in total. The lowest BCUT2D eigenvalue weighted by Gasteiger charge is -2.19.